The van der Waals surface area contributed by atoms with Gasteiger partial charge in [0.25, 0.3) is 11.7 Å². The number of carbonyl (C=O) groups excluding carboxylic acids is 1. The lowest BCUT2D eigenvalue weighted by Crippen LogP contribution is -2.26. The first kappa shape index (κ1) is 17.0. The second-order valence-electron chi connectivity index (χ2n) is 4.56. The molecule has 0 aliphatic rings. The molecule has 0 bridgehead atoms. The van der Waals surface area contributed by atoms with Crippen LogP contribution in [0.4, 0.5) is 8.78 Å². The van der Waals surface area contributed by atoms with E-state index in [1.54, 1.807) is 6.07 Å². The third-order valence-electron chi connectivity index (χ3n) is 2.96. The van der Waals surface area contributed by atoms with E-state index in [-0.39, 0.29) is 40.4 Å². The van der Waals surface area contributed by atoms with Gasteiger partial charge in [-0.15, -0.1) is 0 Å². The minimum absolute atomic E-state index is 0.0257. The highest BCUT2D eigenvalue weighted by molar-refractivity contribution is 7.99. The number of amides is 1. The quantitative estimate of drug-likeness (QED) is 0.556. The van der Waals surface area contributed by atoms with Crippen LogP contribution in [-0.4, -0.2) is 33.4 Å². The molecule has 2 aromatic rings. The van der Waals surface area contributed by atoms with E-state index < -0.39 is 11.7 Å². The van der Waals surface area contributed by atoms with Gasteiger partial charge in [0.2, 0.25) is 0 Å². The molecule has 0 aliphatic carbocycles. The lowest BCUT2D eigenvalue weighted by atomic mass is 10.1. The molecule has 0 unspecified atom stereocenters. The number of benzene rings is 1. The average molecular weight is 340 g/mol. The lowest BCUT2D eigenvalue weighted by molar-refractivity contribution is 0.0950. The van der Waals surface area contributed by atoms with Crippen molar-refractivity contribution < 1.29 is 23.8 Å². The maximum Gasteiger partial charge on any atom is 0.290 e. The van der Waals surface area contributed by atoms with Gasteiger partial charge in [0.15, 0.2) is 11.5 Å². The number of rotatable bonds is 6. The highest BCUT2D eigenvalue weighted by Crippen LogP contribution is 2.26. The van der Waals surface area contributed by atoms with E-state index in [9.17, 15) is 23.8 Å². The predicted molar refractivity (Wildman–Crippen MR) is 81.9 cm³/mol. The third kappa shape index (κ3) is 4.82. The molecule has 0 saturated heterocycles. The standard InChI is InChI=1S/C15H14F2N2O3S/c16-15(17)23-14-10(2-1-6-19-14)13(22)18-7-5-9-3-4-11(20)12(21)8-9/h1-4,6,8,15,20-21H,5,7H2,(H,18,22). The van der Waals surface area contributed by atoms with Crippen molar-refractivity contribution in [1.29, 1.82) is 0 Å². The lowest BCUT2D eigenvalue weighted by Gasteiger charge is -2.09. The molecule has 1 amide bonds. The molecule has 8 heteroatoms. The topological polar surface area (TPSA) is 82.5 Å². The van der Waals surface area contributed by atoms with Crippen LogP contribution >= 0.6 is 11.8 Å². The van der Waals surface area contributed by atoms with E-state index in [2.05, 4.69) is 10.3 Å². The molecule has 2 rings (SSSR count). The summed E-state index contributed by atoms with van der Waals surface area (Å²) < 4.78 is 24.9. The summed E-state index contributed by atoms with van der Waals surface area (Å²) >= 11 is 0.221. The van der Waals surface area contributed by atoms with Crippen molar-refractivity contribution in [2.45, 2.75) is 17.2 Å². The number of nitrogens with zero attached hydrogens (tertiary/aromatic N) is 1. The van der Waals surface area contributed by atoms with Crippen LogP contribution in [0.25, 0.3) is 0 Å². The molecule has 1 heterocycles. The van der Waals surface area contributed by atoms with Crippen molar-refractivity contribution in [2.24, 2.45) is 0 Å². The highest BCUT2D eigenvalue weighted by Gasteiger charge is 2.16. The summed E-state index contributed by atoms with van der Waals surface area (Å²) in [6, 6.07) is 7.29. The Morgan fingerprint density at radius 2 is 2.04 bits per heavy atom. The molecule has 23 heavy (non-hydrogen) atoms. The van der Waals surface area contributed by atoms with E-state index in [0.717, 1.165) is 0 Å². The number of hydrogen-bond acceptors (Lipinski definition) is 5. The first-order chi connectivity index (χ1) is 11.0. The zero-order valence-corrected chi connectivity index (χ0v) is 12.7. The van der Waals surface area contributed by atoms with Crippen molar-refractivity contribution in [3.8, 4) is 11.5 Å². The predicted octanol–water partition coefficient (Wildman–Crippen LogP) is 2.78. The number of phenols is 2. The molecular weight excluding hydrogens is 326 g/mol. The summed E-state index contributed by atoms with van der Waals surface area (Å²) in [7, 11) is 0. The van der Waals surface area contributed by atoms with Gasteiger partial charge < -0.3 is 15.5 Å². The average Bonchev–Trinajstić information content (AvgIpc) is 2.50. The van der Waals surface area contributed by atoms with Crippen molar-refractivity contribution in [2.75, 3.05) is 6.54 Å². The van der Waals surface area contributed by atoms with Gasteiger partial charge in [-0.05, 0) is 48.0 Å². The number of phenolic OH excluding ortho intramolecular Hbond substituents is 2. The molecule has 3 N–H and O–H groups in total. The summed E-state index contributed by atoms with van der Waals surface area (Å²) in [6.45, 7) is 0.247. The molecule has 0 spiro atoms. The summed E-state index contributed by atoms with van der Waals surface area (Å²) in [5, 5.41) is 21.2. The third-order valence-corrected chi connectivity index (χ3v) is 3.68. The minimum atomic E-state index is -2.66. The number of halogens is 2. The minimum Gasteiger partial charge on any atom is -0.504 e. The van der Waals surface area contributed by atoms with Gasteiger partial charge in [-0.2, -0.15) is 8.78 Å². The molecule has 1 aromatic heterocycles. The molecule has 0 saturated carbocycles. The van der Waals surface area contributed by atoms with E-state index in [4.69, 9.17) is 0 Å². The van der Waals surface area contributed by atoms with Crippen LogP contribution in [0.1, 0.15) is 15.9 Å². The molecule has 0 atom stereocenters. The van der Waals surface area contributed by atoms with Crippen molar-refractivity contribution in [1.82, 2.24) is 10.3 Å². The van der Waals surface area contributed by atoms with Gasteiger partial charge >= 0.3 is 0 Å². The Bertz CT molecular complexity index is 698. The number of carbonyl (C=O) groups is 1. The Balaban J connectivity index is 1.96. The molecule has 1 aromatic carbocycles. The maximum atomic E-state index is 12.5. The first-order valence-corrected chi connectivity index (χ1v) is 7.54. The van der Waals surface area contributed by atoms with Crippen LogP contribution in [-0.2, 0) is 6.42 Å². The fourth-order valence-electron chi connectivity index (χ4n) is 1.88. The van der Waals surface area contributed by atoms with Gasteiger partial charge in [0.1, 0.15) is 5.03 Å². The van der Waals surface area contributed by atoms with Gasteiger partial charge in [0, 0.05) is 12.7 Å². The van der Waals surface area contributed by atoms with Crippen molar-refractivity contribution >= 4 is 17.7 Å². The smallest absolute Gasteiger partial charge is 0.290 e. The number of hydrogen-bond donors (Lipinski definition) is 3. The van der Waals surface area contributed by atoms with Crippen LogP contribution in [0, 0.1) is 0 Å². The Morgan fingerprint density at radius 3 is 2.74 bits per heavy atom. The Hall–Kier alpha value is -2.35. The van der Waals surface area contributed by atoms with E-state index in [1.165, 1.54) is 30.5 Å². The van der Waals surface area contributed by atoms with Crippen LogP contribution < -0.4 is 5.32 Å². The molecule has 0 radical (unpaired) electrons. The van der Waals surface area contributed by atoms with E-state index in [1.807, 2.05) is 0 Å². The molecule has 0 fully saturated rings. The summed E-state index contributed by atoms with van der Waals surface area (Å²) in [5.41, 5.74) is 0.806. The van der Waals surface area contributed by atoms with E-state index in [0.29, 0.717) is 12.0 Å². The van der Waals surface area contributed by atoms with Crippen LogP contribution in [0.15, 0.2) is 41.6 Å². The SMILES string of the molecule is O=C(NCCc1ccc(O)c(O)c1)c1cccnc1SC(F)F. The number of nitrogens with one attached hydrogen (secondary N) is 1. The van der Waals surface area contributed by atoms with Crippen LogP contribution in [0.3, 0.4) is 0 Å². The second-order valence-corrected chi connectivity index (χ2v) is 5.54. The van der Waals surface area contributed by atoms with Gasteiger partial charge in [-0.1, -0.05) is 6.07 Å². The maximum absolute atomic E-state index is 12.5. The number of aromatic nitrogens is 1. The van der Waals surface area contributed by atoms with Gasteiger partial charge in [-0.25, -0.2) is 4.98 Å². The summed E-state index contributed by atoms with van der Waals surface area (Å²) in [5.74, 6) is -3.61. The van der Waals surface area contributed by atoms with E-state index >= 15 is 0 Å². The molecule has 5 nitrogen and oxygen atoms in total. The molecule has 122 valence electrons. The summed E-state index contributed by atoms with van der Waals surface area (Å²) in [6.07, 6.45) is 1.76. The fraction of sp³-hybridized carbons (Fsp3) is 0.200. The molecule has 0 aliphatic heterocycles. The van der Waals surface area contributed by atoms with Gasteiger partial charge in [0.05, 0.1) is 5.56 Å². The second kappa shape index (κ2) is 7.77. The number of alkyl halides is 2. The summed E-state index contributed by atoms with van der Waals surface area (Å²) in [4.78, 5) is 15.8. The largest absolute Gasteiger partial charge is 0.504 e. The Labute approximate surface area is 135 Å². The van der Waals surface area contributed by atoms with Crippen LogP contribution in [0.5, 0.6) is 11.5 Å². The number of pyridine rings is 1. The zero-order chi connectivity index (χ0) is 16.8. The number of thioether (sulfide) groups is 1. The monoisotopic (exact) mass is 340 g/mol. The molecular formula is C15H14F2N2O3S. The Kier molecular flexibility index (Phi) is 5.75. The van der Waals surface area contributed by atoms with Crippen LogP contribution in [0.2, 0.25) is 0 Å². The highest BCUT2D eigenvalue weighted by atomic mass is 32.2. The fourth-order valence-corrected chi connectivity index (χ4v) is 2.46. The van der Waals surface area contributed by atoms with Crippen molar-refractivity contribution in [3.05, 3.63) is 47.7 Å². The van der Waals surface area contributed by atoms with Crippen molar-refractivity contribution in [3.63, 3.8) is 0 Å². The Morgan fingerprint density at radius 1 is 1.26 bits per heavy atom. The normalized spacial score (nSPS) is 10.7. The zero-order valence-electron chi connectivity index (χ0n) is 11.9. The van der Waals surface area contributed by atoms with Gasteiger partial charge in [-0.3, -0.25) is 4.79 Å². The first-order valence-electron chi connectivity index (χ1n) is 6.66. The number of aromatic hydroxyl groups is 2.